The van der Waals surface area contributed by atoms with Crippen LogP contribution in [0, 0.1) is 11.3 Å². The van der Waals surface area contributed by atoms with Gasteiger partial charge in [-0.2, -0.15) is 5.26 Å². The predicted molar refractivity (Wildman–Crippen MR) is 69.3 cm³/mol. The fourth-order valence-electron chi connectivity index (χ4n) is 1.47. The molecule has 0 fully saturated rings. The molecule has 0 atom stereocenters. The summed E-state index contributed by atoms with van der Waals surface area (Å²) in [6.45, 7) is 1.25. The van der Waals surface area contributed by atoms with Crippen molar-refractivity contribution in [2.24, 2.45) is 0 Å². The van der Waals surface area contributed by atoms with Crippen LogP contribution in [-0.4, -0.2) is 39.8 Å². The number of hydrogen-bond donors (Lipinski definition) is 1. The van der Waals surface area contributed by atoms with Crippen molar-refractivity contribution in [3.05, 3.63) is 29.8 Å². The number of nitrogens with one attached hydrogen (secondary N) is 1. The van der Waals surface area contributed by atoms with E-state index in [1.165, 1.54) is 0 Å². The third kappa shape index (κ3) is 4.44. The number of nitriles is 1. The number of rotatable bonds is 6. The van der Waals surface area contributed by atoms with E-state index in [1.54, 1.807) is 30.2 Å². The van der Waals surface area contributed by atoms with E-state index in [0.717, 1.165) is 5.69 Å². The Labute approximate surface area is 107 Å². The van der Waals surface area contributed by atoms with Crippen LogP contribution in [0.1, 0.15) is 5.56 Å². The van der Waals surface area contributed by atoms with E-state index in [-0.39, 0.29) is 12.5 Å². The number of hydrogen-bond acceptors (Lipinski definition) is 4. The lowest BCUT2D eigenvalue weighted by Gasteiger charge is -2.18. The van der Waals surface area contributed by atoms with Crippen molar-refractivity contribution in [3.63, 3.8) is 0 Å². The summed E-state index contributed by atoms with van der Waals surface area (Å²) in [4.78, 5) is 13.4. The summed E-state index contributed by atoms with van der Waals surface area (Å²) in [6.07, 6.45) is 0. The molecule has 0 aliphatic carbocycles. The van der Waals surface area contributed by atoms with Crippen molar-refractivity contribution in [1.82, 2.24) is 5.32 Å². The molecule has 0 saturated heterocycles. The van der Waals surface area contributed by atoms with Crippen molar-refractivity contribution in [2.45, 2.75) is 0 Å². The number of carbonyl (C=O) groups excluding carboxylic acids is 1. The minimum Gasteiger partial charge on any atom is -0.383 e. The maximum absolute atomic E-state index is 11.6. The van der Waals surface area contributed by atoms with Crippen LogP contribution in [0.15, 0.2) is 24.3 Å². The average molecular weight is 247 g/mol. The third-order valence-corrected chi connectivity index (χ3v) is 2.43. The van der Waals surface area contributed by atoms with Crippen molar-refractivity contribution in [2.75, 3.05) is 38.8 Å². The van der Waals surface area contributed by atoms with Gasteiger partial charge in [0.25, 0.3) is 0 Å². The molecule has 1 amide bonds. The van der Waals surface area contributed by atoms with E-state index in [9.17, 15) is 4.79 Å². The SMILES string of the molecule is COCCNC(=O)CN(C)c1cccc(C#N)c1. The van der Waals surface area contributed by atoms with E-state index in [2.05, 4.69) is 11.4 Å². The van der Waals surface area contributed by atoms with Gasteiger partial charge in [0.15, 0.2) is 0 Å². The highest BCUT2D eigenvalue weighted by atomic mass is 16.5. The summed E-state index contributed by atoms with van der Waals surface area (Å²) in [5.41, 5.74) is 1.43. The molecule has 1 rings (SSSR count). The number of anilines is 1. The zero-order valence-electron chi connectivity index (χ0n) is 10.6. The molecular weight excluding hydrogens is 230 g/mol. The summed E-state index contributed by atoms with van der Waals surface area (Å²) in [6, 6.07) is 9.22. The Morgan fingerprint density at radius 2 is 2.33 bits per heavy atom. The third-order valence-electron chi connectivity index (χ3n) is 2.43. The Balaban J connectivity index is 2.51. The second kappa shape index (κ2) is 7.30. The normalized spacial score (nSPS) is 9.61. The number of carbonyl (C=O) groups is 1. The van der Waals surface area contributed by atoms with Gasteiger partial charge in [-0.1, -0.05) is 6.07 Å². The first kappa shape index (κ1) is 14.0. The van der Waals surface area contributed by atoms with Crippen LogP contribution in [0.3, 0.4) is 0 Å². The zero-order chi connectivity index (χ0) is 13.4. The molecule has 18 heavy (non-hydrogen) atoms. The Bertz CT molecular complexity index is 440. The molecule has 0 aliphatic heterocycles. The standard InChI is InChI=1S/C13H17N3O2/c1-16(10-13(17)15-6-7-18-2)12-5-3-4-11(8-12)9-14/h3-5,8H,6-7,10H2,1-2H3,(H,15,17). The van der Waals surface area contributed by atoms with E-state index in [4.69, 9.17) is 10.00 Å². The monoisotopic (exact) mass is 247 g/mol. The maximum atomic E-state index is 11.6. The summed E-state index contributed by atoms with van der Waals surface area (Å²) in [5.74, 6) is -0.0723. The highest BCUT2D eigenvalue weighted by Crippen LogP contribution is 2.13. The smallest absolute Gasteiger partial charge is 0.239 e. The molecule has 0 aromatic heterocycles. The maximum Gasteiger partial charge on any atom is 0.239 e. The number of amides is 1. The lowest BCUT2D eigenvalue weighted by atomic mass is 10.2. The number of methoxy groups -OCH3 is 1. The Morgan fingerprint density at radius 3 is 3.00 bits per heavy atom. The first-order valence-electron chi connectivity index (χ1n) is 5.64. The molecular formula is C13H17N3O2. The van der Waals surface area contributed by atoms with Gasteiger partial charge in [0, 0.05) is 26.4 Å². The molecule has 0 radical (unpaired) electrons. The predicted octanol–water partition coefficient (Wildman–Crippen LogP) is 0.757. The minimum absolute atomic E-state index is 0.0723. The molecule has 0 heterocycles. The Kier molecular flexibility index (Phi) is 5.68. The van der Waals surface area contributed by atoms with Crippen molar-refractivity contribution in [1.29, 1.82) is 5.26 Å². The molecule has 96 valence electrons. The van der Waals surface area contributed by atoms with Gasteiger partial charge in [-0.05, 0) is 18.2 Å². The molecule has 0 unspecified atom stereocenters. The number of ether oxygens (including phenoxy) is 1. The molecule has 1 aromatic rings. The lowest BCUT2D eigenvalue weighted by molar-refractivity contribution is -0.119. The van der Waals surface area contributed by atoms with Crippen LogP contribution in [0.4, 0.5) is 5.69 Å². The van der Waals surface area contributed by atoms with Gasteiger partial charge in [0.05, 0.1) is 24.8 Å². The van der Waals surface area contributed by atoms with Gasteiger partial charge < -0.3 is 15.0 Å². The van der Waals surface area contributed by atoms with Gasteiger partial charge >= 0.3 is 0 Å². The van der Waals surface area contributed by atoms with E-state index in [1.807, 2.05) is 13.1 Å². The van der Waals surface area contributed by atoms with Gasteiger partial charge in [-0.15, -0.1) is 0 Å². The van der Waals surface area contributed by atoms with Crippen LogP contribution >= 0.6 is 0 Å². The molecule has 0 spiro atoms. The summed E-state index contributed by atoms with van der Waals surface area (Å²) in [7, 11) is 3.40. The van der Waals surface area contributed by atoms with Crippen LogP contribution < -0.4 is 10.2 Å². The first-order valence-corrected chi connectivity index (χ1v) is 5.64. The second-order valence-corrected chi connectivity index (χ2v) is 3.86. The van der Waals surface area contributed by atoms with E-state index < -0.39 is 0 Å². The zero-order valence-corrected chi connectivity index (χ0v) is 10.6. The molecule has 0 saturated carbocycles. The largest absolute Gasteiger partial charge is 0.383 e. The number of nitrogens with zero attached hydrogens (tertiary/aromatic N) is 2. The highest BCUT2D eigenvalue weighted by molar-refractivity contribution is 5.81. The molecule has 0 aliphatic rings. The molecule has 5 heteroatoms. The molecule has 1 N–H and O–H groups in total. The van der Waals surface area contributed by atoms with Crippen molar-refractivity contribution < 1.29 is 9.53 Å². The Hall–Kier alpha value is -2.06. The number of likely N-dealkylation sites (N-methyl/N-ethyl adjacent to an activating group) is 1. The van der Waals surface area contributed by atoms with Gasteiger partial charge in [-0.25, -0.2) is 0 Å². The lowest BCUT2D eigenvalue weighted by Crippen LogP contribution is -2.36. The molecule has 1 aromatic carbocycles. The van der Waals surface area contributed by atoms with Crippen molar-refractivity contribution in [3.8, 4) is 6.07 Å². The van der Waals surface area contributed by atoms with Gasteiger partial charge in [0.2, 0.25) is 5.91 Å². The quantitative estimate of drug-likeness (QED) is 0.754. The van der Waals surface area contributed by atoms with Gasteiger partial charge in [0.1, 0.15) is 0 Å². The molecule has 0 bridgehead atoms. The van der Waals surface area contributed by atoms with Crippen LogP contribution in [0.25, 0.3) is 0 Å². The van der Waals surface area contributed by atoms with Crippen LogP contribution in [0.5, 0.6) is 0 Å². The van der Waals surface area contributed by atoms with E-state index in [0.29, 0.717) is 18.7 Å². The summed E-state index contributed by atoms with van der Waals surface area (Å²) < 4.78 is 4.85. The molecule has 5 nitrogen and oxygen atoms in total. The fourth-order valence-corrected chi connectivity index (χ4v) is 1.47. The highest BCUT2D eigenvalue weighted by Gasteiger charge is 2.07. The van der Waals surface area contributed by atoms with E-state index >= 15 is 0 Å². The first-order chi connectivity index (χ1) is 8.67. The second-order valence-electron chi connectivity index (χ2n) is 3.86. The topological polar surface area (TPSA) is 65.4 Å². The van der Waals surface area contributed by atoms with Crippen LogP contribution in [-0.2, 0) is 9.53 Å². The Morgan fingerprint density at radius 1 is 1.56 bits per heavy atom. The fraction of sp³-hybridized carbons (Fsp3) is 0.385. The van der Waals surface area contributed by atoms with Crippen molar-refractivity contribution >= 4 is 11.6 Å². The number of benzene rings is 1. The average Bonchev–Trinajstić information content (AvgIpc) is 2.39. The minimum atomic E-state index is -0.0723. The summed E-state index contributed by atoms with van der Waals surface area (Å²) >= 11 is 0. The van der Waals surface area contributed by atoms with Gasteiger partial charge in [-0.3, -0.25) is 4.79 Å². The van der Waals surface area contributed by atoms with Crippen LogP contribution in [0.2, 0.25) is 0 Å². The summed E-state index contributed by atoms with van der Waals surface area (Å²) in [5, 5.41) is 11.5.